The van der Waals surface area contributed by atoms with Crippen LogP contribution in [-0.2, 0) is 21.1 Å². The molecule has 0 aliphatic heterocycles. The van der Waals surface area contributed by atoms with Crippen LogP contribution in [0.2, 0.25) is 0 Å². The molecule has 8 nitrogen and oxygen atoms in total. The van der Waals surface area contributed by atoms with E-state index in [-0.39, 0.29) is 17.0 Å². The Hall–Kier alpha value is -1.71. The number of hydrogen-bond donors (Lipinski definition) is 2. The third-order valence-electron chi connectivity index (χ3n) is 1.65. The SMILES string of the molecule is NS(=O)(=O)OCc1cc([N+](=O)[O-])ccc1O. The fourth-order valence-corrected chi connectivity index (χ4v) is 1.24. The van der Waals surface area contributed by atoms with Crippen LogP contribution in [0.3, 0.4) is 0 Å². The summed E-state index contributed by atoms with van der Waals surface area (Å²) < 4.78 is 25.1. The van der Waals surface area contributed by atoms with E-state index >= 15 is 0 Å². The average Bonchev–Trinajstić information content (AvgIpc) is 2.14. The Kier molecular flexibility index (Phi) is 3.42. The van der Waals surface area contributed by atoms with Crippen molar-refractivity contribution in [2.75, 3.05) is 0 Å². The van der Waals surface area contributed by atoms with Crippen molar-refractivity contribution in [1.29, 1.82) is 0 Å². The molecule has 0 spiro atoms. The maximum absolute atomic E-state index is 10.5. The van der Waals surface area contributed by atoms with Gasteiger partial charge >= 0.3 is 10.3 Å². The Balaban J connectivity index is 2.95. The molecule has 1 rings (SSSR count). The van der Waals surface area contributed by atoms with Crippen molar-refractivity contribution < 1.29 is 22.6 Å². The van der Waals surface area contributed by atoms with E-state index in [0.29, 0.717) is 0 Å². The van der Waals surface area contributed by atoms with Crippen molar-refractivity contribution in [3.63, 3.8) is 0 Å². The average molecular weight is 248 g/mol. The van der Waals surface area contributed by atoms with Gasteiger partial charge in [-0.1, -0.05) is 0 Å². The van der Waals surface area contributed by atoms with E-state index in [4.69, 9.17) is 0 Å². The lowest BCUT2D eigenvalue weighted by Gasteiger charge is -2.03. The highest BCUT2D eigenvalue weighted by Gasteiger charge is 2.12. The lowest BCUT2D eigenvalue weighted by atomic mass is 10.2. The van der Waals surface area contributed by atoms with Gasteiger partial charge in [-0.2, -0.15) is 8.42 Å². The minimum atomic E-state index is -4.15. The Bertz CT molecular complexity index is 512. The Morgan fingerprint density at radius 1 is 1.50 bits per heavy atom. The molecule has 0 aliphatic rings. The number of benzene rings is 1. The Morgan fingerprint density at radius 2 is 2.12 bits per heavy atom. The fraction of sp³-hybridized carbons (Fsp3) is 0.143. The second-order valence-corrected chi connectivity index (χ2v) is 4.05. The minimum absolute atomic E-state index is 0.0387. The predicted molar refractivity (Wildman–Crippen MR) is 52.7 cm³/mol. The molecule has 0 amide bonds. The predicted octanol–water partition coefficient (Wildman–Crippen LogP) is 0.0205. The van der Waals surface area contributed by atoms with Gasteiger partial charge in [-0.05, 0) is 6.07 Å². The number of nitro benzene ring substituents is 1. The minimum Gasteiger partial charge on any atom is -0.508 e. The van der Waals surface area contributed by atoms with Crippen LogP contribution in [0, 0.1) is 10.1 Å². The highest BCUT2D eigenvalue weighted by Crippen LogP contribution is 2.23. The van der Waals surface area contributed by atoms with Crippen LogP contribution in [0.25, 0.3) is 0 Å². The van der Waals surface area contributed by atoms with E-state index in [1.807, 2.05) is 0 Å². The van der Waals surface area contributed by atoms with Crippen molar-refractivity contribution >= 4 is 16.0 Å². The summed E-state index contributed by atoms with van der Waals surface area (Å²) in [7, 11) is -4.15. The summed E-state index contributed by atoms with van der Waals surface area (Å²) >= 11 is 0. The Labute approximate surface area is 90.7 Å². The summed E-state index contributed by atoms with van der Waals surface area (Å²) in [5, 5.41) is 24.2. The van der Waals surface area contributed by atoms with Crippen molar-refractivity contribution in [3.05, 3.63) is 33.9 Å². The number of aromatic hydroxyl groups is 1. The first-order chi connectivity index (χ1) is 7.29. The monoisotopic (exact) mass is 248 g/mol. The summed E-state index contributed by atoms with van der Waals surface area (Å²) in [6.45, 7) is -0.563. The van der Waals surface area contributed by atoms with Crippen LogP contribution >= 0.6 is 0 Å². The molecule has 0 unspecified atom stereocenters. The van der Waals surface area contributed by atoms with Gasteiger partial charge in [0, 0.05) is 17.7 Å². The van der Waals surface area contributed by atoms with Crippen molar-refractivity contribution in [3.8, 4) is 5.75 Å². The summed E-state index contributed by atoms with van der Waals surface area (Å²) in [5.41, 5.74) is -0.325. The largest absolute Gasteiger partial charge is 0.508 e. The van der Waals surface area contributed by atoms with Crippen LogP contribution in [0.4, 0.5) is 5.69 Å². The van der Waals surface area contributed by atoms with Gasteiger partial charge in [0.1, 0.15) is 5.75 Å². The van der Waals surface area contributed by atoms with E-state index in [1.165, 1.54) is 0 Å². The molecule has 1 aromatic rings. The van der Waals surface area contributed by atoms with Crippen molar-refractivity contribution in [2.24, 2.45) is 5.14 Å². The first-order valence-electron chi connectivity index (χ1n) is 3.93. The molecule has 9 heteroatoms. The molecule has 0 atom stereocenters. The molecule has 0 aromatic heterocycles. The zero-order chi connectivity index (χ0) is 12.3. The lowest BCUT2D eigenvalue weighted by molar-refractivity contribution is -0.385. The van der Waals surface area contributed by atoms with Crippen LogP contribution in [-0.4, -0.2) is 18.4 Å². The van der Waals surface area contributed by atoms with Crippen molar-refractivity contribution in [1.82, 2.24) is 0 Å². The third kappa shape index (κ3) is 3.46. The zero-order valence-corrected chi connectivity index (χ0v) is 8.68. The molecular weight excluding hydrogens is 240 g/mol. The van der Waals surface area contributed by atoms with Gasteiger partial charge in [-0.3, -0.25) is 14.3 Å². The first kappa shape index (κ1) is 12.4. The Morgan fingerprint density at radius 3 is 2.62 bits per heavy atom. The molecule has 0 saturated carbocycles. The molecule has 1 aromatic carbocycles. The van der Waals surface area contributed by atoms with Crippen LogP contribution < -0.4 is 5.14 Å². The summed E-state index contributed by atoms with van der Waals surface area (Å²) in [5.74, 6) is -0.311. The van der Waals surface area contributed by atoms with Gasteiger partial charge in [-0.25, -0.2) is 5.14 Å². The van der Waals surface area contributed by atoms with Gasteiger partial charge in [0.15, 0.2) is 0 Å². The van der Waals surface area contributed by atoms with E-state index in [1.54, 1.807) is 0 Å². The van der Waals surface area contributed by atoms with E-state index in [2.05, 4.69) is 9.32 Å². The quantitative estimate of drug-likeness (QED) is 0.570. The lowest BCUT2D eigenvalue weighted by Crippen LogP contribution is -2.15. The number of nitrogens with two attached hydrogens (primary N) is 1. The standard InChI is InChI=1S/C7H8N2O6S/c8-16(13,14)15-4-5-3-6(9(11)12)1-2-7(5)10/h1-3,10H,4H2,(H2,8,13,14). The third-order valence-corrected chi connectivity index (χ3v) is 2.10. The normalized spacial score (nSPS) is 11.3. The number of nitro groups is 1. The maximum atomic E-state index is 10.5. The molecular formula is C7H8N2O6S. The van der Waals surface area contributed by atoms with Crippen LogP contribution in [0.5, 0.6) is 5.75 Å². The van der Waals surface area contributed by atoms with Crippen LogP contribution in [0.1, 0.15) is 5.56 Å². The number of phenols is 1. The fourth-order valence-electron chi connectivity index (χ4n) is 0.947. The van der Waals surface area contributed by atoms with Gasteiger partial charge in [0.05, 0.1) is 11.5 Å². The van der Waals surface area contributed by atoms with Crippen LogP contribution in [0.15, 0.2) is 18.2 Å². The molecule has 0 heterocycles. The van der Waals surface area contributed by atoms with Gasteiger partial charge < -0.3 is 5.11 Å². The highest BCUT2D eigenvalue weighted by atomic mass is 32.2. The second-order valence-electron chi connectivity index (χ2n) is 2.83. The molecule has 0 aliphatic carbocycles. The smallest absolute Gasteiger partial charge is 0.333 e. The van der Waals surface area contributed by atoms with Gasteiger partial charge in [0.25, 0.3) is 5.69 Å². The molecule has 0 bridgehead atoms. The topological polar surface area (TPSA) is 133 Å². The number of non-ortho nitro benzene ring substituents is 1. The summed E-state index contributed by atoms with van der Waals surface area (Å²) in [4.78, 5) is 9.73. The molecule has 0 fully saturated rings. The molecule has 88 valence electrons. The molecule has 0 radical (unpaired) electrons. The maximum Gasteiger partial charge on any atom is 0.333 e. The zero-order valence-electron chi connectivity index (χ0n) is 7.86. The van der Waals surface area contributed by atoms with E-state index < -0.39 is 21.8 Å². The van der Waals surface area contributed by atoms with Gasteiger partial charge in [0.2, 0.25) is 0 Å². The summed E-state index contributed by atoms with van der Waals surface area (Å²) in [6.07, 6.45) is 0. The molecule has 16 heavy (non-hydrogen) atoms. The number of rotatable bonds is 4. The first-order valence-corrected chi connectivity index (χ1v) is 5.40. The molecule has 0 saturated heterocycles. The number of phenolic OH excluding ortho intramolecular Hbond substituents is 1. The highest BCUT2D eigenvalue weighted by molar-refractivity contribution is 7.84. The van der Waals surface area contributed by atoms with Gasteiger partial charge in [-0.15, -0.1) is 0 Å². The van der Waals surface area contributed by atoms with E-state index in [9.17, 15) is 23.6 Å². The molecule has 3 N–H and O–H groups in total. The number of nitrogens with zero attached hydrogens (tertiary/aromatic N) is 1. The number of hydrogen-bond acceptors (Lipinski definition) is 6. The summed E-state index contributed by atoms with van der Waals surface area (Å²) in [6, 6.07) is 3.15. The van der Waals surface area contributed by atoms with E-state index in [0.717, 1.165) is 18.2 Å². The van der Waals surface area contributed by atoms with Crippen molar-refractivity contribution in [2.45, 2.75) is 6.61 Å². The second kappa shape index (κ2) is 4.43.